The lowest BCUT2D eigenvalue weighted by atomic mass is 10.2. The van der Waals surface area contributed by atoms with E-state index in [0.717, 1.165) is 44.7 Å². The normalized spacial score (nSPS) is 17.3. The van der Waals surface area contributed by atoms with Crippen molar-refractivity contribution in [1.82, 2.24) is 9.80 Å². The highest BCUT2D eigenvalue weighted by Gasteiger charge is 2.17. The van der Waals surface area contributed by atoms with Gasteiger partial charge in [0.25, 0.3) is 0 Å². The van der Waals surface area contributed by atoms with Crippen molar-refractivity contribution >= 4 is 23.2 Å². The van der Waals surface area contributed by atoms with Crippen LogP contribution in [0.4, 0.5) is 5.69 Å². The molecule has 1 heterocycles. The largest absolute Gasteiger partial charge is 0.399 e. The summed E-state index contributed by atoms with van der Waals surface area (Å²) in [6.07, 6.45) is 1.01. The van der Waals surface area contributed by atoms with E-state index in [0.29, 0.717) is 10.7 Å². The molecule has 1 aromatic carbocycles. The second kappa shape index (κ2) is 6.26. The average Bonchev–Trinajstić information content (AvgIpc) is 2.58. The minimum absolute atomic E-state index is 0.160. The summed E-state index contributed by atoms with van der Waals surface area (Å²) < 4.78 is 0. The highest BCUT2D eigenvalue weighted by Crippen LogP contribution is 2.21. The first-order valence-electron chi connectivity index (χ1n) is 6.58. The van der Waals surface area contributed by atoms with Gasteiger partial charge >= 0.3 is 0 Å². The van der Waals surface area contributed by atoms with Crippen LogP contribution < -0.4 is 5.73 Å². The molecule has 1 saturated heterocycles. The summed E-state index contributed by atoms with van der Waals surface area (Å²) in [5.41, 5.74) is 7.47. The number of benzene rings is 1. The topological polar surface area (TPSA) is 49.6 Å². The molecule has 0 bridgehead atoms. The van der Waals surface area contributed by atoms with Crippen LogP contribution in [0.15, 0.2) is 18.2 Å². The number of carbonyl (C=O) groups excluding carboxylic acids is 1. The molecule has 0 saturated carbocycles. The maximum Gasteiger partial charge on any atom is 0.219 e. The van der Waals surface area contributed by atoms with Crippen molar-refractivity contribution in [2.75, 3.05) is 31.9 Å². The average molecular weight is 282 g/mol. The number of halogens is 1. The summed E-state index contributed by atoms with van der Waals surface area (Å²) in [4.78, 5) is 15.6. The molecule has 1 aliphatic rings. The summed E-state index contributed by atoms with van der Waals surface area (Å²) >= 11 is 6.20. The Kier molecular flexibility index (Phi) is 4.66. The number of hydrogen-bond acceptors (Lipinski definition) is 3. The summed E-state index contributed by atoms with van der Waals surface area (Å²) in [5, 5.41) is 0.715. The van der Waals surface area contributed by atoms with Gasteiger partial charge in [0.15, 0.2) is 0 Å². The van der Waals surface area contributed by atoms with Gasteiger partial charge in [-0.3, -0.25) is 9.69 Å². The van der Waals surface area contributed by atoms with Gasteiger partial charge in [0.05, 0.1) is 0 Å². The first-order chi connectivity index (χ1) is 9.06. The minimum atomic E-state index is 0.160. The Labute approximate surface area is 119 Å². The highest BCUT2D eigenvalue weighted by atomic mass is 35.5. The van der Waals surface area contributed by atoms with Crippen LogP contribution in [0.5, 0.6) is 0 Å². The fraction of sp³-hybridized carbons (Fsp3) is 0.500. The third-order valence-corrected chi connectivity index (χ3v) is 3.86. The molecule has 1 amide bonds. The quantitative estimate of drug-likeness (QED) is 0.844. The molecule has 104 valence electrons. The molecule has 19 heavy (non-hydrogen) atoms. The molecule has 2 rings (SSSR count). The van der Waals surface area contributed by atoms with E-state index in [2.05, 4.69) is 4.90 Å². The van der Waals surface area contributed by atoms with Crippen molar-refractivity contribution in [3.63, 3.8) is 0 Å². The van der Waals surface area contributed by atoms with Gasteiger partial charge in [-0.25, -0.2) is 0 Å². The first-order valence-corrected chi connectivity index (χ1v) is 6.96. The third kappa shape index (κ3) is 3.85. The molecule has 2 N–H and O–H groups in total. The molecule has 1 aromatic rings. The fourth-order valence-electron chi connectivity index (χ4n) is 2.38. The van der Waals surface area contributed by atoms with E-state index in [-0.39, 0.29) is 5.91 Å². The molecule has 4 nitrogen and oxygen atoms in total. The van der Waals surface area contributed by atoms with Gasteiger partial charge in [0.1, 0.15) is 0 Å². The van der Waals surface area contributed by atoms with Crippen LogP contribution in [0.3, 0.4) is 0 Å². The molecule has 0 aromatic heterocycles. The van der Waals surface area contributed by atoms with E-state index in [1.54, 1.807) is 13.0 Å². The predicted molar refractivity (Wildman–Crippen MR) is 78.0 cm³/mol. The maximum atomic E-state index is 11.4. The van der Waals surface area contributed by atoms with E-state index < -0.39 is 0 Å². The van der Waals surface area contributed by atoms with Gasteiger partial charge in [0, 0.05) is 50.4 Å². The van der Waals surface area contributed by atoms with Crippen molar-refractivity contribution in [2.45, 2.75) is 19.9 Å². The van der Waals surface area contributed by atoms with Crippen LogP contribution in [-0.2, 0) is 11.3 Å². The van der Waals surface area contributed by atoms with Gasteiger partial charge in [0.2, 0.25) is 5.91 Å². The Bertz CT molecular complexity index is 464. The Morgan fingerprint density at radius 2 is 2.11 bits per heavy atom. The number of rotatable bonds is 2. The van der Waals surface area contributed by atoms with E-state index >= 15 is 0 Å². The summed E-state index contributed by atoms with van der Waals surface area (Å²) in [7, 11) is 0. The zero-order chi connectivity index (χ0) is 13.8. The van der Waals surface area contributed by atoms with Crippen molar-refractivity contribution in [3.8, 4) is 0 Å². The van der Waals surface area contributed by atoms with E-state index in [9.17, 15) is 4.79 Å². The zero-order valence-electron chi connectivity index (χ0n) is 11.2. The van der Waals surface area contributed by atoms with Crippen LogP contribution >= 0.6 is 11.6 Å². The molecule has 5 heteroatoms. The first kappa shape index (κ1) is 14.2. The van der Waals surface area contributed by atoms with Crippen LogP contribution in [0.1, 0.15) is 18.9 Å². The SMILES string of the molecule is CC(=O)N1CCCN(Cc2ccc(N)cc2Cl)CC1. The van der Waals surface area contributed by atoms with Crippen molar-refractivity contribution < 1.29 is 4.79 Å². The highest BCUT2D eigenvalue weighted by molar-refractivity contribution is 6.31. The van der Waals surface area contributed by atoms with Crippen LogP contribution in [-0.4, -0.2) is 41.9 Å². The molecule has 1 aliphatic heterocycles. The molecule has 0 spiro atoms. The summed E-state index contributed by atoms with van der Waals surface area (Å²) in [5.74, 6) is 0.160. The number of nitrogens with zero attached hydrogens (tertiary/aromatic N) is 2. The Hall–Kier alpha value is -1.26. The molecular weight excluding hydrogens is 262 g/mol. The maximum absolute atomic E-state index is 11.4. The zero-order valence-corrected chi connectivity index (χ0v) is 12.0. The second-order valence-corrected chi connectivity index (χ2v) is 5.39. The van der Waals surface area contributed by atoms with Gasteiger partial charge in [-0.1, -0.05) is 17.7 Å². The number of nitrogens with two attached hydrogens (primary N) is 1. The fourth-order valence-corrected chi connectivity index (χ4v) is 2.63. The Morgan fingerprint density at radius 3 is 2.79 bits per heavy atom. The monoisotopic (exact) mass is 281 g/mol. The molecule has 0 unspecified atom stereocenters. The number of nitrogen functional groups attached to an aromatic ring is 1. The molecular formula is C14H20ClN3O. The van der Waals surface area contributed by atoms with Crippen molar-refractivity contribution in [2.24, 2.45) is 0 Å². The van der Waals surface area contributed by atoms with E-state index in [1.807, 2.05) is 17.0 Å². The molecule has 0 radical (unpaired) electrons. The van der Waals surface area contributed by atoms with Gasteiger partial charge in [-0.05, 0) is 24.1 Å². The predicted octanol–water partition coefficient (Wildman–Crippen LogP) is 1.98. The van der Waals surface area contributed by atoms with Crippen molar-refractivity contribution in [3.05, 3.63) is 28.8 Å². The lowest BCUT2D eigenvalue weighted by Gasteiger charge is -2.21. The number of amides is 1. The van der Waals surface area contributed by atoms with Gasteiger partial charge < -0.3 is 10.6 Å². The van der Waals surface area contributed by atoms with Crippen LogP contribution in [0.2, 0.25) is 5.02 Å². The van der Waals surface area contributed by atoms with E-state index in [4.69, 9.17) is 17.3 Å². The number of hydrogen-bond donors (Lipinski definition) is 1. The molecule has 1 fully saturated rings. The van der Waals surface area contributed by atoms with Crippen molar-refractivity contribution in [1.29, 1.82) is 0 Å². The van der Waals surface area contributed by atoms with Gasteiger partial charge in [-0.15, -0.1) is 0 Å². The molecule has 0 atom stereocenters. The summed E-state index contributed by atoms with van der Waals surface area (Å²) in [6, 6.07) is 5.64. The smallest absolute Gasteiger partial charge is 0.219 e. The second-order valence-electron chi connectivity index (χ2n) is 4.99. The number of carbonyl (C=O) groups is 1. The lowest BCUT2D eigenvalue weighted by Crippen LogP contribution is -2.33. The van der Waals surface area contributed by atoms with Crippen LogP contribution in [0.25, 0.3) is 0 Å². The standard InChI is InChI=1S/C14H20ClN3O/c1-11(19)18-6-2-5-17(7-8-18)10-12-3-4-13(16)9-14(12)15/h3-4,9H,2,5-8,10,16H2,1H3. The third-order valence-electron chi connectivity index (χ3n) is 3.50. The van der Waals surface area contributed by atoms with Crippen LogP contribution in [0, 0.1) is 0 Å². The van der Waals surface area contributed by atoms with Gasteiger partial charge in [-0.2, -0.15) is 0 Å². The number of anilines is 1. The minimum Gasteiger partial charge on any atom is -0.399 e. The Balaban J connectivity index is 1.97. The lowest BCUT2D eigenvalue weighted by molar-refractivity contribution is -0.128. The van der Waals surface area contributed by atoms with E-state index in [1.165, 1.54) is 0 Å². The summed E-state index contributed by atoms with van der Waals surface area (Å²) in [6.45, 7) is 5.96. The molecule has 0 aliphatic carbocycles. The Morgan fingerprint density at radius 1 is 1.32 bits per heavy atom.